The Hall–Kier alpha value is -1.61. The van der Waals surface area contributed by atoms with Gasteiger partial charge in [-0.3, -0.25) is 4.79 Å². The minimum absolute atomic E-state index is 0.329. The molecule has 0 spiro atoms. The van der Waals surface area contributed by atoms with Crippen LogP contribution in [-0.4, -0.2) is 24.4 Å². The van der Waals surface area contributed by atoms with Gasteiger partial charge in [-0.25, -0.2) is 0 Å². The Bertz CT molecular complexity index is 599. The van der Waals surface area contributed by atoms with Crippen LogP contribution in [0.15, 0.2) is 29.2 Å². The van der Waals surface area contributed by atoms with Gasteiger partial charge in [-0.05, 0) is 37.0 Å². The van der Waals surface area contributed by atoms with E-state index in [-0.39, 0.29) is 6.54 Å². The highest BCUT2D eigenvalue weighted by Crippen LogP contribution is 2.26. The molecule has 0 aliphatic heterocycles. The van der Waals surface area contributed by atoms with Gasteiger partial charge in [-0.15, -0.1) is 11.8 Å². The van der Waals surface area contributed by atoms with E-state index >= 15 is 0 Å². The van der Waals surface area contributed by atoms with E-state index in [2.05, 4.69) is 25.7 Å². The van der Waals surface area contributed by atoms with Crippen LogP contribution in [0.2, 0.25) is 0 Å². The number of rotatable bonds is 8. The van der Waals surface area contributed by atoms with Crippen molar-refractivity contribution in [2.45, 2.75) is 50.6 Å². The van der Waals surface area contributed by atoms with Crippen LogP contribution in [0.5, 0.6) is 0 Å². The van der Waals surface area contributed by atoms with Crippen molar-refractivity contribution in [2.24, 2.45) is 5.92 Å². The summed E-state index contributed by atoms with van der Waals surface area (Å²) in [5.41, 5.74) is 0.730. The van der Waals surface area contributed by atoms with Crippen molar-refractivity contribution >= 4 is 17.7 Å². The average molecular weight is 371 g/mol. The molecule has 2 nitrogen and oxygen atoms in total. The van der Waals surface area contributed by atoms with Crippen molar-refractivity contribution in [1.82, 2.24) is 5.32 Å². The summed E-state index contributed by atoms with van der Waals surface area (Å²) in [6.45, 7) is 4.06. The number of thioether (sulfide) groups is 1. The fourth-order valence-corrected chi connectivity index (χ4v) is 3.52. The Labute approximate surface area is 152 Å². The molecule has 0 aromatic heterocycles. The molecule has 1 aromatic rings. The van der Waals surface area contributed by atoms with Gasteiger partial charge in [0.25, 0.3) is 0 Å². The smallest absolute Gasteiger partial charge is 0.337 e. The van der Waals surface area contributed by atoms with Crippen LogP contribution in [0.4, 0.5) is 13.2 Å². The molecule has 1 rings (SSSR count). The summed E-state index contributed by atoms with van der Waals surface area (Å²) in [6.07, 6.45) is -0.0645. The van der Waals surface area contributed by atoms with E-state index in [1.54, 1.807) is 23.1 Å². The summed E-state index contributed by atoms with van der Waals surface area (Å²) in [5.74, 6) is 5.12. The summed E-state index contributed by atoms with van der Waals surface area (Å²) in [4.78, 5) is 11.8. The van der Waals surface area contributed by atoms with Gasteiger partial charge in [-0.1, -0.05) is 44.6 Å². The zero-order chi connectivity index (χ0) is 18.7. The number of benzene rings is 1. The van der Waals surface area contributed by atoms with Crippen molar-refractivity contribution in [1.29, 1.82) is 0 Å². The molecule has 1 N–H and O–H groups in total. The van der Waals surface area contributed by atoms with Crippen LogP contribution in [0.25, 0.3) is 0 Å². The van der Waals surface area contributed by atoms with E-state index in [0.29, 0.717) is 5.92 Å². The van der Waals surface area contributed by atoms with Gasteiger partial charge in [0.2, 0.25) is 0 Å². The Balaban J connectivity index is 2.55. The molecule has 0 fully saturated rings. The molecule has 138 valence electrons. The van der Waals surface area contributed by atoms with Crippen LogP contribution >= 0.6 is 11.8 Å². The molecule has 0 aliphatic carbocycles. The predicted octanol–water partition coefficient (Wildman–Crippen LogP) is 5.03. The number of carbonyl (C=O) groups excluding carboxylic acids is 1. The number of halogens is 3. The fourth-order valence-electron chi connectivity index (χ4n) is 2.38. The molecule has 0 atom stereocenters. The largest absolute Gasteiger partial charge is 0.471 e. The lowest BCUT2D eigenvalue weighted by Crippen LogP contribution is -2.36. The van der Waals surface area contributed by atoms with Gasteiger partial charge in [0.15, 0.2) is 0 Å². The second kappa shape index (κ2) is 11.1. The molecule has 0 unspecified atom stereocenters. The number of amides is 1. The third-order valence-electron chi connectivity index (χ3n) is 3.54. The highest BCUT2D eigenvalue weighted by molar-refractivity contribution is 7.99. The van der Waals surface area contributed by atoms with Crippen molar-refractivity contribution in [3.05, 3.63) is 29.8 Å². The van der Waals surface area contributed by atoms with Gasteiger partial charge in [0.1, 0.15) is 0 Å². The summed E-state index contributed by atoms with van der Waals surface area (Å²) < 4.78 is 36.1. The molecular formula is C19H24F3NOS. The van der Waals surface area contributed by atoms with Crippen LogP contribution in [0.1, 0.15) is 45.1 Å². The van der Waals surface area contributed by atoms with Crippen LogP contribution in [0.3, 0.4) is 0 Å². The minimum Gasteiger partial charge on any atom is -0.337 e. The van der Waals surface area contributed by atoms with Crippen LogP contribution in [-0.2, 0) is 4.79 Å². The SMILES string of the molecule is CCCC(CCC)CSc1cccc(C#CCNC(=O)C(F)(F)F)c1. The summed E-state index contributed by atoms with van der Waals surface area (Å²) >= 11 is 1.78. The van der Waals surface area contributed by atoms with Crippen molar-refractivity contribution in [3.63, 3.8) is 0 Å². The lowest BCUT2D eigenvalue weighted by molar-refractivity contribution is -0.173. The van der Waals surface area contributed by atoms with E-state index in [1.807, 2.05) is 18.2 Å². The third-order valence-corrected chi connectivity index (χ3v) is 4.77. The zero-order valence-corrected chi connectivity index (χ0v) is 15.4. The number of nitrogens with one attached hydrogen (secondary N) is 1. The van der Waals surface area contributed by atoms with Gasteiger partial charge >= 0.3 is 12.1 Å². The van der Waals surface area contributed by atoms with Crippen molar-refractivity contribution < 1.29 is 18.0 Å². The molecule has 0 saturated heterocycles. The predicted molar refractivity (Wildman–Crippen MR) is 96.4 cm³/mol. The standard InChI is InChI=1S/C19H24F3NOS/c1-3-7-16(8-4-2)14-25-17-11-5-9-15(13-17)10-6-12-23-18(24)19(20,21)22/h5,9,11,13,16H,3-4,7-8,12,14H2,1-2H3,(H,23,24). The quantitative estimate of drug-likeness (QED) is 0.513. The van der Waals surface area contributed by atoms with Crippen LogP contribution < -0.4 is 5.32 Å². The molecule has 25 heavy (non-hydrogen) atoms. The molecule has 0 aliphatic rings. The summed E-state index contributed by atoms with van der Waals surface area (Å²) in [5, 5.41) is 1.73. The molecular weight excluding hydrogens is 347 g/mol. The van der Waals surface area contributed by atoms with E-state index < -0.39 is 12.1 Å². The monoisotopic (exact) mass is 371 g/mol. The molecule has 1 amide bonds. The van der Waals surface area contributed by atoms with E-state index in [9.17, 15) is 18.0 Å². The first-order chi connectivity index (χ1) is 11.9. The molecule has 0 saturated carbocycles. The van der Waals surface area contributed by atoms with Gasteiger partial charge in [0.05, 0.1) is 6.54 Å². The molecule has 0 bridgehead atoms. The maximum Gasteiger partial charge on any atom is 0.471 e. The molecule has 0 radical (unpaired) electrons. The normalized spacial score (nSPS) is 11.1. The fraction of sp³-hybridized carbons (Fsp3) is 0.526. The number of alkyl halides is 3. The van der Waals surface area contributed by atoms with Crippen LogP contribution in [0, 0.1) is 17.8 Å². The highest BCUT2D eigenvalue weighted by Gasteiger charge is 2.38. The van der Waals surface area contributed by atoms with E-state index in [0.717, 1.165) is 16.2 Å². The van der Waals surface area contributed by atoms with E-state index in [1.165, 1.54) is 25.7 Å². The van der Waals surface area contributed by atoms with Gasteiger partial charge < -0.3 is 5.32 Å². The molecule has 6 heteroatoms. The minimum atomic E-state index is -4.87. The van der Waals surface area contributed by atoms with Crippen molar-refractivity contribution in [2.75, 3.05) is 12.3 Å². The summed E-state index contributed by atoms with van der Waals surface area (Å²) in [7, 11) is 0. The first kappa shape index (κ1) is 21.4. The van der Waals surface area contributed by atoms with Gasteiger partial charge in [-0.2, -0.15) is 13.2 Å². The Morgan fingerprint density at radius 1 is 1.24 bits per heavy atom. The number of carbonyl (C=O) groups is 1. The molecule has 1 aromatic carbocycles. The lowest BCUT2D eigenvalue weighted by Gasteiger charge is -2.14. The Kier molecular flexibility index (Phi) is 9.51. The highest BCUT2D eigenvalue weighted by atomic mass is 32.2. The zero-order valence-electron chi connectivity index (χ0n) is 14.6. The Morgan fingerprint density at radius 3 is 2.52 bits per heavy atom. The average Bonchev–Trinajstić information content (AvgIpc) is 2.56. The Morgan fingerprint density at radius 2 is 1.92 bits per heavy atom. The maximum atomic E-state index is 12.0. The molecule has 0 heterocycles. The lowest BCUT2D eigenvalue weighted by atomic mass is 10.0. The second-order valence-corrected chi connectivity index (χ2v) is 6.86. The first-order valence-corrected chi connectivity index (χ1v) is 9.42. The second-order valence-electron chi connectivity index (χ2n) is 5.76. The van der Waals surface area contributed by atoms with Crippen molar-refractivity contribution in [3.8, 4) is 11.8 Å². The maximum absolute atomic E-state index is 12.0. The topological polar surface area (TPSA) is 29.1 Å². The number of hydrogen-bond acceptors (Lipinski definition) is 2. The summed E-state index contributed by atoms with van der Waals surface area (Å²) in [6, 6.07) is 7.63. The van der Waals surface area contributed by atoms with E-state index in [4.69, 9.17) is 0 Å². The first-order valence-electron chi connectivity index (χ1n) is 8.43. The number of hydrogen-bond donors (Lipinski definition) is 1. The third kappa shape index (κ3) is 8.87. The van der Waals surface area contributed by atoms with Gasteiger partial charge in [0, 0.05) is 16.2 Å².